The van der Waals surface area contributed by atoms with Crippen molar-refractivity contribution in [1.82, 2.24) is 10.2 Å². The second kappa shape index (κ2) is 11.2. The summed E-state index contributed by atoms with van der Waals surface area (Å²) in [5.74, 6) is -0.360. The van der Waals surface area contributed by atoms with Crippen LogP contribution in [-0.2, 0) is 21.7 Å². The molecule has 2 aliphatic rings. The molecule has 2 aliphatic carbocycles. The van der Waals surface area contributed by atoms with Gasteiger partial charge in [-0.3, -0.25) is 15.0 Å². The highest BCUT2D eigenvalue weighted by atomic mass is 16.2. The van der Waals surface area contributed by atoms with E-state index in [1.54, 1.807) is 12.1 Å². The first-order chi connectivity index (χ1) is 19.1. The van der Waals surface area contributed by atoms with Gasteiger partial charge in [0.05, 0.1) is 5.69 Å². The Morgan fingerprint density at radius 2 is 1.17 bits per heavy atom. The molecule has 0 saturated heterocycles. The van der Waals surface area contributed by atoms with Gasteiger partial charge >= 0.3 is 6.03 Å². The van der Waals surface area contributed by atoms with E-state index >= 15 is 0 Å². The molecule has 224 valence electrons. The SMILES string of the molecule is CCN(CC)CCN(C(=O)NC(=O)c1ccccc1)c1c2c(cc3c1C(C)(C)CCC3(C)C)C(C)(C)CCC2(C)C. The van der Waals surface area contributed by atoms with Crippen LogP contribution in [0, 0.1) is 0 Å². The number of urea groups is 1. The first-order valence-corrected chi connectivity index (χ1v) is 15.7. The molecule has 0 fully saturated rings. The van der Waals surface area contributed by atoms with E-state index in [4.69, 9.17) is 0 Å². The topological polar surface area (TPSA) is 52.6 Å². The number of anilines is 1. The molecule has 0 bridgehead atoms. The van der Waals surface area contributed by atoms with E-state index in [0.717, 1.165) is 51.0 Å². The van der Waals surface area contributed by atoms with Crippen molar-refractivity contribution in [2.75, 3.05) is 31.1 Å². The van der Waals surface area contributed by atoms with Gasteiger partial charge in [0.25, 0.3) is 5.91 Å². The highest BCUT2D eigenvalue weighted by Gasteiger charge is 2.47. The minimum Gasteiger partial charge on any atom is -0.302 e. The molecule has 4 rings (SSSR count). The second-order valence-corrected chi connectivity index (χ2v) is 14.9. The van der Waals surface area contributed by atoms with E-state index in [2.05, 4.69) is 85.5 Å². The van der Waals surface area contributed by atoms with E-state index in [0.29, 0.717) is 12.1 Å². The van der Waals surface area contributed by atoms with Crippen molar-refractivity contribution in [3.05, 3.63) is 64.2 Å². The number of amides is 3. The number of fused-ring (bicyclic) bond motifs is 2. The molecular weight excluding hydrogens is 506 g/mol. The maximum Gasteiger partial charge on any atom is 0.328 e. The van der Waals surface area contributed by atoms with Gasteiger partial charge in [-0.25, -0.2) is 4.79 Å². The lowest BCUT2D eigenvalue weighted by molar-refractivity contribution is 0.0965. The van der Waals surface area contributed by atoms with E-state index in [1.165, 1.54) is 22.3 Å². The third-order valence-corrected chi connectivity index (χ3v) is 10.2. The highest BCUT2D eigenvalue weighted by molar-refractivity contribution is 6.09. The molecule has 5 heteroatoms. The second-order valence-electron chi connectivity index (χ2n) is 14.9. The van der Waals surface area contributed by atoms with Crippen LogP contribution in [0.5, 0.6) is 0 Å². The van der Waals surface area contributed by atoms with Crippen LogP contribution in [0.15, 0.2) is 36.4 Å². The summed E-state index contributed by atoms with van der Waals surface area (Å²) < 4.78 is 0. The lowest BCUT2D eigenvalue weighted by Gasteiger charge is -2.50. The van der Waals surface area contributed by atoms with Crippen LogP contribution in [0.1, 0.15) is 128 Å². The number of imide groups is 1. The molecule has 41 heavy (non-hydrogen) atoms. The maximum atomic E-state index is 14.4. The fraction of sp³-hybridized carbons (Fsp3) is 0.611. The molecular formula is C36H53N3O2. The Balaban J connectivity index is 2.01. The van der Waals surface area contributed by atoms with Gasteiger partial charge in [0.2, 0.25) is 0 Å². The van der Waals surface area contributed by atoms with Gasteiger partial charge in [-0.2, -0.15) is 0 Å². The van der Waals surface area contributed by atoms with Gasteiger partial charge in [-0.1, -0.05) is 93.5 Å². The van der Waals surface area contributed by atoms with Crippen LogP contribution >= 0.6 is 0 Å². The molecule has 2 aromatic carbocycles. The van der Waals surface area contributed by atoms with Crippen molar-refractivity contribution in [2.45, 2.75) is 117 Å². The fourth-order valence-electron chi connectivity index (χ4n) is 7.07. The summed E-state index contributed by atoms with van der Waals surface area (Å²) in [5, 5.41) is 2.79. The molecule has 0 heterocycles. The maximum absolute atomic E-state index is 14.4. The average Bonchev–Trinajstić information content (AvgIpc) is 2.91. The first-order valence-electron chi connectivity index (χ1n) is 15.7. The van der Waals surface area contributed by atoms with Crippen molar-refractivity contribution in [1.29, 1.82) is 0 Å². The summed E-state index contributed by atoms with van der Waals surface area (Å²) in [7, 11) is 0. The lowest BCUT2D eigenvalue weighted by Crippen LogP contribution is -2.50. The molecule has 5 nitrogen and oxygen atoms in total. The fourth-order valence-corrected chi connectivity index (χ4v) is 7.07. The molecule has 0 radical (unpaired) electrons. The average molecular weight is 560 g/mol. The number of carbonyl (C=O) groups is 2. The van der Waals surface area contributed by atoms with Crippen LogP contribution in [0.25, 0.3) is 0 Å². The summed E-state index contributed by atoms with van der Waals surface area (Å²) in [5.41, 5.74) is 6.63. The van der Waals surface area contributed by atoms with Crippen LogP contribution in [-0.4, -0.2) is 43.0 Å². The summed E-state index contributed by atoms with van der Waals surface area (Å²) in [6.45, 7) is 26.2. The standard InChI is InChI=1S/C36H53N3O2/c1-11-38(12-2)22-23-39(32(41)37-31(40)25-16-14-13-15-17-25)30-28-26(33(3,4)18-20-35(28,7)8)24-27-29(30)36(9,10)21-19-34(27,5)6/h13-17,24H,11-12,18-23H2,1-10H3,(H,37,40,41). The molecule has 1 N–H and O–H groups in total. The molecule has 0 aromatic heterocycles. The van der Waals surface area contributed by atoms with E-state index in [1.807, 2.05) is 23.1 Å². The summed E-state index contributed by atoms with van der Waals surface area (Å²) in [6.07, 6.45) is 4.31. The smallest absolute Gasteiger partial charge is 0.302 e. The number of carbonyl (C=O) groups excluding carboxylic acids is 2. The summed E-state index contributed by atoms with van der Waals surface area (Å²) >= 11 is 0. The lowest BCUT2D eigenvalue weighted by atomic mass is 9.56. The van der Waals surface area contributed by atoms with Crippen molar-refractivity contribution >= 4 is 17.6 Å². The minimum absolute atomic E-state index is 0.00677. The van der Waals surface area contributed by atoms with Crippen molar-refractivity contribution in [3.63, 3.8) is 0 Å². The Labute approximate surface area is 249 Å². The zero-order valence-corrected chi connectivity index (χ0v) is 27.3. The molecule has 3 amide bonds. The Kier molecular flexibility index (Phi) is 8.55. The Morgan fingerprint density at radius 1 is 0.707 bits per heavy atom. The molecule has 0 unspecified atom stereocenters. The van der Waals surface area contributed by atoms with Gasteiger partial charge in [0, 0.05) is 18.7 Å². The number of benzene rings is 2. The van der Waals surface area contributed by atoms with E-state index in [-0.39, 0.29) is 33.6 Å². The first kappa shape index (κ1) is 31.3. The summed E-state index contributed by atoms with van der Waals surface area (Å²) in [4.78, 5) is 32.0. The number of rotatable bonds is 7. The molecule has 0 atom stereocenters. The third-order valence-electron chi connectivity index (χ3n) is 10.2. The number of likely N-dealkylation sites (N-methyl/N-ethyl adjacent to an activating group) is 1. The monoisotopic (exact) mass is 559 g/mol. The van der Waals surface area contributed by atoms with Gasteiger partial charge in [-0.05, 0) is 94.8 Å². The van der Waals surface area contributed by atoms with Gasteiger partial charge in [0.15, 0.2) is 0 Å². The largest absolute Gasteiger partial charge is 0.328 e. The number of nitrogens with one attached hydrogen (secondary N) is 1. The number of hydrogen-bond acceptors (Lipinski definition) is 3. The Bertz CT molecular complexity index is 1230. The Hall–Kier alpha value is -2.66. The zero-order chi connectivity index (χ0) is 30.4. The van der Waals surface area contributed by atoms with Gasteiger partial charge in [0.1, 0.15) is 0 Å². The van der Waals surface area contributed by atoms with E-state index in [9.17, 15) is 9.59 Å². The third kappa shape index (κ3) is 5.98. The van der Waals surface area contributed by atoms with E-state index < -0.39 is 0 Å². The Morgan fingerprint density at radius 3 is 1.63 bits per heavy atom. The predicted octanol–water partition coefficient (Wildman–Crippen LogP) is 8.08. The van der Waals surface area contributed by atoms with Crippen LogP contribution < -0.4 is 10.2 Å². The summed E-state index contributed by atoms with van der Waals surface area (Å²) in [6, 6.07) is 11.2. The van der Waals surface area contributed by atoms with Crippen molar-refractivity contribution in [3.8, 4) is 0 Å². The number of nitrogens with zero attached hydrogens (tertiary/aromatic N) is 2. The minimum atomic E-state index is -0.360. The van der Waals surface area contributed by atoms with Crippen LogP contribution in [0.3, 0.4) is 0 Å². The molecule has 2 aromatic rings. The van der Waals surface area contributed by atoms with Crippen molar-refractivity contribution in [2.24, 2.45) is 0 Å². The molecule has 0 aliphatic heterocycles. The van der Waals surface area contributed by atoms with Crippen LogP contribution in [0.4, 0.5) is 10.5 Å². The predicted molar refractivity (Wildman–Crippen MR) is 171 cm³/mol. The zero-order valence-electron chi connectivity index (χ0n) is 27.3. The number of hydrogen-bond donors (Lipinski definition) is 1. The molecule has 0 spiro atoms. The highest BCUT2D eigenvalue weighted by Crippen LogP contribution is 2.57. The van der Waals surface area contributed by atoms with Crippen molar-refractivity contribution < 1.29 is 9.59 Å². The quantitative estimate of drug-likeness (QED) is 0.373. The van der Waals surface area contributed by atoms with Gasteiger partial charge in [-0.15, -0.1) is 0 Å². The van der Waals surface area contributed by atoms with Gasteiger partial charge < -0.3 is 4.90 Å². The van der Waals surface area contributed by atoms with Crippen LogP contribution in [0.2, 0.25) is 0 Å². The molecule has 0 saturated carbocycles. The normalized spacial score (nSPS) is 19.7.